The van der Waals surface area contributed by atoms with E-state index in [9.17, 15) is 0 Å². The lowest BCUT2D eigenvalue weighted by atomic mass is 9.66. The second-order valence-electron chi connectivity index (χ2n) is 8.14. The van der Waals surface area contributed by atoms with Crippen LogP contribution in [0.2, 0.25) is 0 Å². The van der Waals surface area contributed by atoms with Gasteiger partial charge in [0.15, 0.2) is 5.11 Å². The Morgan fingerprint density at radius 1 is 1.04 bits per heavy atom. The van der Waals surface area contributed by atoms with Gasteiger partial charge < -0.3 is 20.9 Å². The highest BCUT2D eigenvalue weighted by atomic mass is 32.1. The highest BCUT2D eigenvalue weighted by Gasteiger charge is 2.46. The van der Waals surface area contributed by atoms with Crippen LogP contribution in [0.5, 0.6) is 0 Å². The molecule has 4 nitrogen and oxygen atoms in total. The average Bonchev–Trinajstić information content (AvgIpc) is 3.01. The first-order valence-electron chi connectivity index (χ1n) is 9.78. The monoisotopic (exact) mass is 336 g/mol. The van der Waals surface area contributed by atoms with Gasteiger partial charge in [0.25, 0.3) is 0 Å². The number of likely N-dealkylation sites (tertiary alicyclic amines) is 1. The molecule has 0 radical (unpaired) electrons. The maximum Gasteiger partial charge on any atom is 0.169 e. The first-order valence-corrected chi connectivity index (χ1v) is 10.2. The van der Waals surface area contributed by atoms with E-state index in [-0.39, 0.29) is 0 Å². The van der Waals surface area contributed by atoms with Gasteiger partial charge in [0.05, 0.1) is 0 Å². The van der Waals surface area contributed by atoms with Crippen LogP contribution in [0, 0.1) is 11.8 Å². The number of rotatable bonds is 1. The molecule has 23 heavy (non-hydrogen) atoms. The van der Waals surface area contributed by atoms with E-state index in [1.54, 1.807) is 0 Å². The second-order valence-corrected chi connectivity index (χ2v) is 8.53. The number of hydrogen-bond donors (Lipinski definition) is 3. The van der Waals surface area contributed by atoms with Crippen LogP contribution in [-0.4, -0.2) is 53.8 Å². The molecule has 4 rings (SSSR count). The summed E-state index contributed by atoms with van der Waals surface area (Å²) in [6, 6.07) is 2.50. The third-order valence-electron chi connectivity index (χ3n) is 6.78. The first-order chi connectivity index (χ1) is 11.2. The Kier molecular flexibility index (Phi) is 4.79. The number of fused-ring (bicyclic) bond motifs is 3. The van der Waals surface area contributed by atoms with Crippen molar-refractivity contribution >= 4 is 17.3 Å². The average molecular weight is 337 g/mol. The van der Waals surface area contributed by atoms with Crippen molar-refractivity contribution < 1.29 is 0 Å². The molecule has 0 aromatic rings. The van der Waals surface area contributed by atoms with Crippen molar-refractivity contribution in [1.29, 1.82) is 0 Å². The fourth-order valence-electron chi connectivity index (χ4n) is 5.59. The molecule has 5 heteroatoms. The summed E-state index contributed by atoms with van der Waals surface area (Å²) in [4.78, 5) is 2.42. The van der Waals surface area contributed by atoms with Crippen molar-refractivity contribution in [1.82, 2.24) is 20.9 Å². The van der Waals surface area contributed by atoms with Crippen LogP contribution in [0.15, 0.2) is 0 Å². The Balaban J connectivity index is 1.47. The van der Waals surface area contributed by atoms with Gasteiger partial charge in [0.1, 0.15) is 0 Å². The minimum Gasteiger partial charge on any atom is -0.359 e. The Bertz CT molecular complexity index is 443. The summed E-state index contributed by atoms with van der Waals surface area (Å²) in [7, 11) is 0. The summed E-state index contributed by atoms with van der Waals surface area (Å²) in [6.45, 7) is 5.84. The van der Waals surface area contributed by atoms with Gasteiger partial charge in [0.2, 0.25) is 0 Å². The van der Waals surface area contributed by atoms with Crippen molar-refractivity contribution in [2.75, 3.05) is 19.6 Å². The maximum atomic E-state index is 5.79. The lowest BCUT2D eigenvalue weighted by Crippen LogP contribution is -2.67. The summed E-state index contributed by atoms with van der Waals surface area (Å²) in [6.07, 6.45) is 9.24. The number of piperidine rings is 2. The molecule has 4 aliphatic rings. The van der Waals surface area contributed by atoms with E-state index in [2.05, 4.69) is 27.8 Å². The largest absolute Gasteiger partial charge is 0.359 e. The minimum absolute atomic E-state index is 0.564. The van der Waals surface area contributed by atoms with Gasteiger partial charge in [-0.15, -0.1) is 0 Å². The molecule has 3 N–H and O–H groups in total. The van der Waals surface area contributed by atoms with E-state index >= 15 is 0 Å². The van der Waals surface area contributed by atoms with Crippen molar-refractivity contribution in [3.8, 4) is 0 Å². The van der Waals surface area contributed by atoms with Crippen molar-refractivity contribution in [3.63, 3.8) is 0 Å². The molecule has 130 valence electrons. The van der Waals surface area contributed by atoms with Crippen LogP contribution in [0.4, 0.5) is 0 Å². The van der Waals surface area contributed by atoms with E-state index in [0.29, 0.717) is 24.2 Å². The van der Waals surface area contributed by atoms with Crippen LogP contribution >= 0.6 is 12.2 Å². The van der Waals surface area contributed by atoms with Crippen LogP contribution in [0.3, 0.4) is 0 Å². The number of nitrogens with zero attached hydrogens (tertiary/aromatic N) is 1. The van der Waals surface area contributed by atoms with Crippen molar-refractivity contribution in [2.24, 2.45) is 11.8 Å². The normalized spacial score (nSPS) is 43.6. The molecule has 0 bridgehead atoms. The van der Waals surface area contributed by atoms with E-state index in [0.717, 1.165) is 23.5 Å². The van der Waals surface area contributed by atoms with Crippen molar-refractivity contribution in [2.45, 2.75) is 76.0 Å². The Hall–Kier alpha value is -0.390. The minimum atomic E-state index is 0.564. The highest BCUT2D eigenvalue weighted by Crippen LogP contribution is 2.38. The molecular formula is C18H32N4S. The maximum absolute atomic E-state index is 5.79. The quantitative estimate of drug-likeness (QED) is 0.638. The molecule has 1 saturated carbocycles. The van der Waals surface area contributed by atoms with E-state index in [4.69, 9.17) is 12.2 Å². The lowest BCUT2D eigenvalue weighted by Gasteiger charge is -2.52. The summed E-state index contributed by atoms with van der Waals surface area (Å²) in [5.74, 6) is 1.54. The smallest absolute Gasteiger partial charge is 0.169 e. The lowest BCUT2D eigenvalue weighted by molar-refractivity contribution is 0.0699. The molecule has 3 saturated heterocycles. The zero-order valence-electron chi connectivity index (χ0n) is 14.4. The molecular weight excluding hydrogens is 304 g/mol. The number of hydrogen-bond acceptors (Lipinski definition) is 3. The molecule has 4 fully saturated rings. The van der Waals surface area contributed by atoms with Gasteiger partial charge >= 0.3 is 0 Å². The predicted molar refractivity (Wildman–Crippen MR) is 98.6 cm³/mol. The number of nitrogens with one attached hydrogen (secondary N) is 3. The Morgan fingerprint density at radius 3 is 2.61 bits per heavy atom. The van der Waals surface area contributed by atoms with Gasteiger partial charge in [-0.1, -0.05) is 0 Å². The molecule has 6 unspecified atom stereocenters. The van der Waals surface area contributed by atoms with Gasteiger partial charge in [-0.2, -0.15) is 0 Å². The Labute approximate surface area is 146 Å². The molecule has 0 aromatic carbocycles. The topological polar surface area (TPSA) is 39.3 Å². The fraction of sp³-hybridized carbons (Fsp3) is 0.944. The first kappa shape index (κ1) is 16.1. The molecule has 3 heterocycles. The standard InChI is InChI=1S/C18H32N4S/c1-12-5-4-10-22(12)18(23)21-15-11-13-6-2-8-19-16(13)17-14(15)7-3-9-20-17/h12-17,19-20H,2-11H2,1H3,(H,21,23). The van der Waals surface area contributed by atoms with Crippen LogP contribution in [-0.2, 0) is 0 Å². The third kappa shape index (κ3) is 3.12. The fourth-order valence-corrected chi connectivity index (χ4v) is 6.01. The molecule has 1 aliphatic carbocycles. The Morgan fingerprint density at radius 2 is 1.83 bits per heavy atom. The van der Waals surface area contributed by atoms with Gasteiger partial charge in [-0.25, -0.2) is 0 Å². The molecule has 3 aliphatic heterocycles. The van der Waals surface area contributed by atoms with Crippen LogP contribution < -0.4 is 16.0 Å². The molecule has 0 aromatic heterocycles. The summed E-state index contributed by atoms with van der Waals surface area (Å²) < 4.78 is 0. The number of thiocarbonyl (C=S) groups is 1. The van der Waals surface area contributed by atoms with Gasteiger partial charge in [-0.3, -0.25) is 0 Å². The second kappa shape index (κ2) is 6.85. The van der Waals surface area contributed by atoms with Crippen molar-refractivity contribution in [3.05, 3.63) is 0 Å². The third-order valence-corrected chi connectivity index (χ3v) is 7.13. The summed E-state index contributed by atoms with van der Waals surface area (Å²) in [5.41, 5.74) is 0. The SMILES string of the molecule is CC1CCCN1C(=S)NC1CC2CCCNC2C2NCCCC12. The van der Waals surface area contributed by atoms with Gasteiger partial charge in [0, 0.05) is 30.7 Å². The van der Waals surface area contributed by atoms with Crippen LogP contribution in [0.25, 0.3) is 0 Å². The zero-order valence-corrected chi connectivity index (χ0v) is 15.2. The molecule has 6 atom stereocenters. The summed E-state index contributed by atoms with van der Waals surface area (Å²) >= 11 is 5.79. The zero-order chi connectivity index (χ0) is 15.8. The summed E-state index contributed by atoms with van der Waals surface area (Å²) in [5, 5.41) is 12.5. The predicted octanol–water partition coefficient (Wildman–Crippen LogP) is 1.85. The molecule has 0 spiro atoms. The molecule has 0 amide bonds. The van der Waals surface area contributed by atoms with E-state index in [1.807, 2.05) is 0 Å². The van der Waals surface area contributed by atoms with Gasteiger partial charge in [-0.05, 0) is 89.0 Å². The van der Waals surface area contributed by atoms with Crippen LogP contribution in [0.1, 0.15) is 51.9 Å². The highest BCUT2D eigenvalue weighted by molar-refractivity contribution is 7.80. The van der Waals surface area contributed by atoms with E-state index < -0.39 is 0 Å². The van der Waals surface area contributed by atoms with E-state index in [1.165, 1.54) is 58.0 Å².